The van der Waals surface area contributed by atoms with Crippen molar-refractivity contribution >= 4 is 35.3 Å². The smallest absolute Gasteiger partial charge is 0.308 e. The normalized spacial score (nSPS) is 20.9. The summed E-state index contributed by atoms with van der Waals surface area (Å²) in [5.74, 6) is -1.76. The van der Waals surface area contributed by atoms with Gasteiger partial charge in [0.05, 0.1) is 11.4 Å². The van der Waals surface area contributed by atoms with Crippen LogP contribution in [-0.4, -0.2) is 29.6 Å². The van der Waals surface area contributed by atoms with Gasteiger partial charge in [0, 0.05) is 6.92 Å². The number of carbonyl (C=O) groups excluding carboxylic acids is 3. The summed E-state index contributed by atoms with van der Waals surface area (Å²) < 4.78 is 4.97. The summed E-state index contributed by atoms with van der Waals surface area (Å²) in [7, 11) is 0. The maximum atomic E-state index is 12.9. The molecule has 4 rings (SSSR count). The second kappa shape index (κ2) is 7.11. The fraction of sp³-hybridized carbons (Fsp3) is 0.143. The first-order chi connectivity index (χ1) is 13.5. The molecular formula is C21H16N2O5. The predicted molar refractivity (Wildman–Crippen MR) is 102 cm³/mol. The molecule has 2 aromatic rings. The quantitative estimate of drug-likeness (QED) is 0.465. The number of ether oxygens (including phenoxy) is 1. The highest BCUT2D eigenvalue weighted by Crippen LogP contribution is 2.34. The number of oxime groups is 1. The van der Waals surface area contributed by atoms with Gasteiger partial charge in [0.25, 0.3) is 5.91 Å². The molecular weight excluding hydrogens is 360 g/mol. The average Bonchev–Trinajstić information content (AvgIpc) is 3.21. The molecule has 2 heterocycles. The molecule has 0 aliphatic carbocycles. The fourth-order valence-corrected chi connectivity index (χ4v) is 3.17. The van der Waals surface area contributed by atoms with Gasteiger partial charge < -0.3 is 9.57 Å². The number of hydrogen-bond acceptors (Lipinski definition) is 6. The van der Waals surface area contributed by atoms with Crippen molar-refractivity contribution in [3.63, 3.8) is 0 Å². The number of imide groups is 1. The van der Waals surface area contributed by atoms with Crippen LogP contribution in [0.2, 0.25) is 0 Å². The minimum absolute atomic E-state index is 0.333. The molecule has 1 saturated heterocycles. The standard InChI is InChI=1S/C21H16N2O5/c1-13(24)27-16-10-8-15(9-11-16)23-20(25)18-17(22-28-19(18)21(23)26)12-7-14-5-3-2-4-6-14/h2-12,18-19H,1H3/b12-7+/t18-,19+/m1/s1. The Bertz CT molecular complexity index is 995. The zero-order valence-corrected chi connectivity index (χ0v) is 14.9. The molecule has 0 bridgehead atoms. The van der Waals surface area contributed by atoms with Gasteiger partial charge in [0.15, 0.2) is 0 Å². The maximum absolute atomic E-state index is 12.9. The van der Waals surface area contributed by atoms with Crippen molar-refractivity contribution in [1.82, 2.24) is 0 Å². The number of benzene rings is 2. The largest absolute Gasteiger partial charge is 0.427 e. The van der Waals surface area contributed by atoms with Gasteiger partial charge in [-0.2, -0.15) is 0 Å². The van der Waals surface area contributed by atoms with Gasteiger partial charge in [-0.25, -0.2) is 4.90 Å². The molecule has 0 saturated carbocycles. The molecule has 140 valence electrons. The van der Waals surface area contributed by atoms with Crippen LogP contribution in [0.25, 0.3) is 6.08 Å². The average molecular weight is 376 g/mol. The van der Waals surface area contributed by atoms with E-state index in [2.05, 4.69) is 5.16 Å². The molecule has 2 atom stereocenters. The van der Waals surface area contributed by atoms with Crippen LogP contribution in [0.15, 0.2) is 65.8 Å². The lowest BCUT2D eigenvalue weighted by Gasteiger charge is -2.15. The summed E-state index contributed by atoms with van der Waals surface area (Å²) in [6.45, 7) is 1.30. The SMILES string of the molecule is CC(=O)Oc1ccc(N2C(=O)[C@@H]3C(/C=C/c4ccccc4)=NO[C@@H]3C2=O)cc1. The predicted octanol–water partition coefficient (Wildman–Crippen LogP) is 2.57. The summed E-state index contributed by atoms with van der Waals surface area (Å²) in [5, 5.41) is 3.92. The molecule has 2 aliphatic rings. The van der Waals surface area contributed by atoms with E-state index in [0.29, 0.717) is 17.1 Å². The van der Waals surface area contributed by atoms with E-state index >= 15 is 0 Å². The van der Waals surface area contributed by atoms with Crippen LogP contribution in [-0.2, 0) is 19.2 Å². The van der Waals surface area contributed by atoms with E-state index in [9.17, 15) is 14.4 Å². The molecule has 0 N–H and O–H groups in total. The van der Waals surface area contributed by atoms with E-state index in [0.717, 1.165) is 10.5 Å². The molecule has 0 unspecified atom stereocenters. The number of nitrogens with zero attached hydrogens (tertiary/aromatic N) is 2. The molecule has 7 nitrogen and oxygen atoms in total. The van der Waals surface area contributed by atoms with Crippen molar-refractivity contribution < 1.29 is 24.0 Å². The lowest BCUT2D eigenvalue weighted by molar-refractivity contribution is -0.132. The number of carbonyl (C=O) groups is 3. The van der Waals surface area contributed by atoms with E-state index in [1.165, 1.54) is 19.1 Å². The molecule has 0 spiro atoms. The van der Waals surface area contributed by atoms with Gasteiger partial charge in [-0.15, -0.1) is 0 Å². The Balaban J connectivity index is 1.55. The summed E-state index contributed by atoms with van der Waals surface area (Å²) in [4.78, 5) is 42.9. The van der Waals surface area contributed by atoms with Crippen molar-refractivity contribution in [2.24, 2.45) is 11.1 Å². The monoisotopic (exact) mass is 376 g/mol. The molecule has 0 aromatic heterocycles. The summed E-state index contributed by atoms with van der Waals surface area (Å²) in [6.07, 6.45) is 2.55. The molecule has 2 aromatic carbocycles. The fourth-order valence-electron chi connectivity index (χ4n) is 3.17. The maximum Gasteiger partial charge on any atom is 0.308 e. The Labute approximate surface area is 160 Å². The molecule has 2 amide bonds. The highest BCUT2D eigenvalue weighted by molar-refractivity contribution is 6.31. The first-order valence-corrected chi connectivity index (χ1v) is 8.68. The van der Waals surface area contributed by atoms with Crippen molar-refractivity contribution in [3.05, 3.63) is 66.2 Å². The van der Waals surface area contributed by atoms with Gasteiger partial charge in [0.2, 0.25) is 12.0 Å². The zero-order chi connectivity index (χ0) is 19.7. The zero-order valence-electron chi connectivity index (χ0n) is 14.9. The van der Waals surface area contributed by atoms with Crippen LogP contribution >= 0.6 is 0 Å². The van der Waals surface area contributed by atoms with Crippen LogP contribution in [0.1, 0.15) is 12.5 Å². The Morgan fingerprint density at radius 3 is 2.43 bits per heavy atom. The summed E-state index contributed by atoms with van der Waals surface area (Å²) >= 11 is 0. The Hall–Kier alpha value is -3.74. The van der Waals surface area contributed by atoms with Gasteiger partial charge in [-0.3, -0.25) is 14.4 Å². The number of hydrogen-bond donors (Lipinski definition) is 0. The molecule has 7 heteroatoms. The van der Waals surface area contributed by atoms with Crippen molar-refractivity contribution in [2.45, 2.75) is 13.0 Å². The lowest BCUT2D eigenvalue weighted by atomic mass is 9.99. The van der Waals surface area contributed by atoms with E-state index < -0.39 is 29.8 Å². The minimum Gasteiger partial charge on any atom is -0.427 e. The van der Waals surface area contributed by atoms with E-state index in [4.69, 9.17) is 9.57 Å². The van der Waals surface area contributed by atoms with Crippen LogP contribution in [0.4, 0.5) is 5.69 Å². The van der Waals surface area contributed by atoms with Gasteiger partial charge in [0.1, 0.15) is 11.7 Å². The van der Waals surface area contributed by atoms with Crippen LogP contribution in [0.5, 0.6) is 5.75 Å². The second-order valence-corrected chi connectivity index (χ2v) is 6.36. The second-order valence-electron chi connectivity index (χ2n) is 6.36. The third kappa shape index (κ3) is 3.18. The number of amides is 2. The Morgan fingerprint density at radius 2 is 1.75 bits per heavy atom. The van der Waals surface area contributed by atoms with Gasteiger partial charge >= 0.3 is 5.97 Å². The van der Waals surface area contributed by atoms with Gasteiger partial charge in [-0.1, -0.05) is 41.6 Å². The van der Waals surface area contributed by atoms with Crippen molar-refractivity contribution in [2.75, 3.05) is 4.90 Å². The van der Waals surface area contributed by atoms with Crippen LogP contribution in [0.3, 0.4) is 0 Å². The van der Waals surface area contributed by atoms with Crippen LogP contribution < -0.4 is 9.64 Å². The third-order valence-electron chi connectivity index (χ3n) is 4.45. The number of allylic oxidation sites excluding steroid dienone is 1. The molecule has 28 heavy (non-hydrogen) atoms. The first kappa shape index (κ1) is 17.7. The van der Waals surface area contributed by atoms with E-state index in [1.54, 1.807) is 18.2 Å². The Kier molecular flexibility index (Phi) is 4.49. The number of esters is 1. The summed E-state index contributed by atoms with van der Waals surface area (Å²) in [5.41, 5.74) is 1.74. The highest BCUT2D eigenvalue weighted by Gasteiger charge is 2.55. The van der Waals surface area contributed by atoms with Crippen molar-refractivity contribution in [3.8, 4) is 5.75 Å². The molecule has 2 aliphatic heterocycles. The van der Waals surface area contributed by atoms with Gasteiger partial charge in [-0.05, 0) is 35.9 Å². The molecule has 1 fully saturated rings. The third-order valence-corrected chi connectivity index (χ3v) is 4.45. The topological polar surface area (TPSA) is 85.3 Å². The minimum atomic E-state index is -0.962. The highest BCUT2D eigenvalue weighted by atomic mass is 16.6. The van der Waals surface area contributed by atoms with Crippen molar-refractivity contribution in [1.29, 1.82) is 0 Å². The first-order valence-electron chi connectivity index (χ1n) is 8.68. The van der Waals surface area contributed by atoms with E-state index in [1.807, 2.05) is 36.4 Å². The summed E-state index contributed by atoms with van der Waals surface area (Å²) in [6, 6.07) is 15.7. The number of rotatable bonds is 4. The number of anilines is 1. The lowest BCUT2D eigenvalue weighted by Crippen LogP contribution is -2.32. The van der Waals surface area contributed by atoms with E-state index in [-0.39, 0.29) is 0 Å². The number of fused-ring (bicyclic) bond motifs is 1. The molecule has 0 radical (unpaired) electrons. The van der Waals surface area contributed by atoms with Crippen LogP contribution in [0, 0.1) is 5.92 Å². The Morgan fingerprint density at radius 1 is 1.04 bits per heavy atom.